The SMILES string of the molecule is CC(=O)c1cccc(CC2CNC(=O)O2)c1. The van der Waals surface area contributed by atoms with Crippen molar-refractivity contribution in [2.24, 2.45) is 0 Å². The van der Waals surface area contributed by atoms with E-state index in [-0.39, 0.29) is 18.0 Å². The number of hydrogen-bond acceptors (Lipinski definition) is 3. The zero-order valence-corrected chi connectivity index (χ0v) is 9.03. The Labute approximate surface area is 93.6 Å². The maximum atomic E-state index is 11.2. The highest BCUT2D eigenvalue weighted by molar-refractivity contribution is 5.94. The van der Waals surface area contributed by atoms with E-state index in [0.29, 0.717) is 18.5 Å². The fourth-order valence-corrected chi connectivity index (χ4v) is 1.73. The summed E-state index contributed by atoms with van der Waals surface area (Å²) in [6, 6.07) is 7.40. The molecule has 4 heteroatoms. The summed E-state index contributed by atoms with van der Waals surface area (Å²) in [5, 5.41) is 2.60. The number of amides is 1. The predicted molar refractivity (Wildman–Crippen MR) is 58.4 cm³/mol. The molecular weight excluding hydrogens is 206 g/mol. The molecule has 2 rings (SSSR count). The van der Waals surface area contributed by atoms with Crippen LogP contribution in [0.3, 0.4) is 0 Å². The van der Waals surface area contributed by atoms with Crippen LogP contribution in [0.4, 0.5) is 4.79 Å². The molecule has 16 heavy (non-hydrogen) atoms. The second-order valence-corrected chi connectivity index (χ2v) is 3.87. The van der Waals surface area contributed by atoms with Crippen LogP contribution in [0, 0.1) is 0 Å². The van der Waals surface area contributed by atoms with Gasteiger partial charge in [-0.3, -0.25) is 4.79 Å². The van der Waals surface area contributed by atoms with Crippen LogP contribution in [0.2, 0.25) is 0 Å². The molecule has 1 aliphatic heterocycles. The standard InChI is InChI=1S/C12H13NO3/c1-8(14)10-4-2-3-9(5-10)6-11-7-13-12(15)16-11/h2-5,11H,6-7H2,1H3,(H,13,15). The summed E-state index contributed by atoms with van der Waals surface area (Å²) in [7, 11) is 0. The fourth-order valence-electron chi connectivity index (χ4n) is 1.73. The molecule has 1 aromatic carbocycles. The van der Waals surface area contributed by atoms with E-state index in [1.54, 1.807) is 6.07 Å². The van der Waals surface area contributed by atoms with Crippen LogP contribution in [0.5, 0.6) is 0 Å². The quantitative estimate of drug-likeness (QED) is 0.784. The molecule has 1 aromatic rings. The van der Waals surface area contributed by atoms with E-state index in [0.717, 1.165) is 5.56 Å². The van der Waals surface area contributed by atoms with E-state index in [4.69, 9.17) is 4.74 Å². The Morgan fingerprint density at radius 3 is 3.00 bits per heavy atom. The average Bonchev–Trinajstić information content (AvgIpc) is 2.64. The van der Waals surface area contributed by atoms with Crippen molar-refractivity contribution in [1.29, 1.82) is 0 Å². The van der Waals surface area contributed by atoms with Gasteiger partial charge in [-0.15, -0.1) is 0 Å². The number of ketones is 1. The topological polar surface area (TPSA) is 55.4 Å². The van der Waals surface area contributed by atoms with E-state index < -0.39 is 0 Å². The molecule has 1 fully saturated rings. The molecule has 1 N–H and O–H groups in total. The maximum Gasteiger partial charge on any atom is 0.407 e. The highest BCUT2D eigenvalue weighted by atomic mass is 16.6. The smallest absolute Gasteiger partial charge is 0.407 e. The number of carbonyl (C=O) groups is 2. The van der Waals surface area contributed by atoms with Gasteiger partial charge in [0.1, 0.15) is 6.10 Å². The molecule has 0 spiro atoms. The second kappa shape index (κ2) is 4.35. The zero-order chi connectivity index (χ0) is 11.5. The molecule has 0 saturated carbocycles. The van der Waals surface area contributed by atoms with E-state index in [9.17, 15) is 9.59 Å². The first-order valence-corrected chi connectivity index (χ1v) is 5.19. The van der Waals surface area contributed by atoms with Crippen molar-refractivity contribution < 1.29 is 14.3 Å². The molecule has 1 atom stereocenters. The van der Waals surface area contributed by atoms with E-state index in [1.165, 1.54) is 6.92 Å². The van der Waals surface area contributed by atoms with Gasteiger partial charge in [0.05, 0.1) is 6.54 Å². The van der Waals surface area contributed by atoms with Crippen molar-refractivity contribution in [2.45, 2.75) is 19.4 Å². The van der Waals surface area contributed by atoms with Gasteiger partial charge in [0.2, 0.25) is 0 Å². The Bertz CT molecular complexity index is 428. The van der Waals surface area contributed by atoms with Crippen molar-refractivity contribution >= 4 is 11.9 Å². The van der Waals surface area contributed by atoms with Crippen LogP contribution in [-0.2, 0) is 11.2 Å². The second-order valence-electron chi connectivity index (χ2n) is 3.87. The van der Waals surface area contributed by atoms with Crippen molar-refractivity contribution in [3.8, 4) is 0 Å². The lowest BCUT2D eigenvalue weighted by atomic mass is 10.0. The Balaban J connectivity index is 2.07. The van der Waals surface area contributed by atoms with Crippen molar-refractivity contribution in [1.82, 2.24) is 5.32 Å². The lowest BCUT2D eigenvalue weighted by molar-refractivity contribution is 0.101. The predicted octanol–water partition coefficient (Wildman–Crippen LogP) is 1.54. The van der Waals surface area contributed by atoms with Gasteiger partial charge in [-0.1, -0.05) is 18.2 Å². The summed E-state index contributed by atoms with van der Waals surface area (Å²) in [6.07, 6.45) is 0.141. The van der Waals surface area contributed by atoms with Gasteiger partial charge >= 0.3 is 6.09 Å². The zero-order valence-electron chi connectivity index (χ0n) is 9.03. The first-order chi connectivity index (χ1) is 7.65. The van der Waals surface area contributed by atoms with Gasteiger partial charge in [0.25, 0.3) is 0 Å². The van der Waals surface area contributed by atoms with Crippen molar-refractivity contribution in [3.63, 3.8) is 0 Å². The third-order valence-corrected chi connectivity index (χ3v) is 2.54. The van der Waals surface area contributed by atoms with Gasteiger partial charge in [0, 0.05) is 12.0 Å². The molecule has 84 valence electrons. The Hall–Kier alpha value is -1.84. The maximum absolute atomic E-state index is 11.2. The number of hydrogen-bond donors (Lipinski definition) is 1. The fraction of sp³-hybridized carbons (Fsp3) is 0.333. The number of cyclic esters (lactones) is 1. The largest absolute Gasteiger partial charge is 0.444 e. The van der Waals surface area contributed by atoms with Gasteiger partial charge in [-0.05, 0) is 18.6 Å². The molecular formula is C12H13NO3. The number of ether oxygens (including phenoxy) is 1. The summed E-state index contributed by atoms with van der Waals surface area (Å²) in [5.41, 5.74) is 1.70. The van der Waals surface area contributed by atoms with Gasteiger partial charge in [-0.25, -0.2) is 4.79 Å². The minimum Gasteiger partial charge on any atom is -0.444 e. The minimum atomic E-state index is -0.368. The van der Waals surface area contributed by atoms with E-state index in [1.807, 2.05) is 18.2 Å². The lowest BCUT2D eigenvalue weighted by Crippen LogP contribution is -2.17. The molecule has 1 unspecified atom stereocenters. The van der Waals surface area contributed by atoms with E-state index in [2.05, 4.69) is 5.32 Å². The highest BCUT2D eigenvalue weighted by Crippen LogP contribution is 2.12. The molecule has 1 heterocycles. The summed E-state index contributed by atoms with van der Waals surface area (Å²) >= 11 is 0. The number of benzene rings is 1. The Kier molecular flexibility index (Phi) is 2.90. The number of carbonyl (C=O) groups excluding carboxylic acids is 2. The molecule has 0 aliphatic carbocycles. The van der Waals surface area contributed by atoms with Crippen molar-refractivity contribution in [2.75, 3.05) is 6.54 Å². The average molecular weight is 219 g/mol. The molecule has 4 nitrogen and oxygen atoms in total. The highest BCUT2D eigenvalue weighted by Gasteiger charge is 2.22. The number of Topliss-reactive ketones (excluding diaryl/α,β-unsaturated/α-hetero) is 1. The lowest BCUT2D eigenvalue weighted by Gasteiger charge is -2.08. The molecule has 0 radical (unpaired) electrons. The van der Waals surface area contributed by atoms with Crippen LogP contribution < -0.4 is 5.32 Å². The van der Waals surface area contributed by atoms with Crippen molar-refractivity contribution in [3.05, 3.63) is 35.4 Å². The van der Waals surface area contributed by atoms with Gasteiger partial charge < -0.3 is 10.1 Å². The first kappa shape index (κ1) is 10.7. The Morgan fingerprint density at radius 2 is 2.38 bits per heavy atom. The van der Waals surface area contributed by atoms with E-state index >= 15 is 0 Å². The summed E-state index contributed by atoms with van der Waals surface area (Å²) in [5.74, 6) is 0.0448. The van der Waals surface area contributed by atoms with Gasteiger partial charge in [-0.2, -0.15) is 0 Å². The third kappa shape index (κ3) is 2.39. The number of rotatable bonds is 3. The summed E-state index contributed by atoms with van der Waals surface area (Å²) < 4.78 is 5.03. The third-order valence-electron chi connectivity index (χ3n) is 2.54. The monoisotopic (exact) mass is 219 g/mol. The summed E-state index contributed by atoms with van der Waals surface area (Å²) in [4.78, 5) is 22.0. The molecule has 1 aliphatic rings. The number of nitrogens with one attached hydrogen (secondary N) is 1. The number of alkyl carbamates (subject to hydrolysis) is 1. The van der Waals surface area contributed by atoms with Crippen LogP contribution >= 0.6 is 0 Å². The minimum absolute atomic E-state index is 0.0448. The Morgan fingerprint density at radius 1 is 1.56 bits per heavy atom. The first-order valence-electron chi connectivity index (χ1n) is 5.19. The molecule has 0 aromatic heterocycles. The molecule has 0 bridgehead atoms. The van der Waals surface area contributed by atoms with Crippen LogP contribution in [0.15, 0.2) is 24.3 Å². The normalized spacial score (nSPS) is 19.1. The van der Waals surface area contributed by atoms with Crippen LogP contribution in [0.1, 0.15) is 22.8 Å². The van der Waals surface area contributed by atoms with Gasteiger partial charge in [0.15, 0.2) is 5.78 Å². The van der Waals surface area contributed by atoms with Crippen LogP contribution in [0.25, 0.3) is 0 Å². The molecule has 1 saturated heterocycles. The summed E-state index contributed by atoms with van der Waals surface area (Å²) in [6.45, 7) is 2.07. The van der Waals surface area contributed by atoms with Crippen LogP contribution in [-0.4, -0.2) is 24.5 Å². The molecule has 1 amide bonds.